The molecule has 0 rings (SSSR count). The molecule has 0 fully saturated rings. The predicted molar refractivity (Wildman–Crippen MR) is 38.2 cm³/mol. The first-order chi connectivity index (χ1) is 3.41. The van der Waals surface area contributed by atoms with E-state index in [4.69, 9.17) is 4.65 Å². The van der Waals surface area contributed by atoms with Crippen molar-refractivity contribution in [1.29, 1.82) is 0 Å². The largest absolute Gasteiger partial charge is 0.440 e. The summed E-state index contributed by atoms with van der Waals surface area (Å²) >= 11 is 0. The molecule has 7 heavy (non-hydrogen) atoms. The summed E-state index contributed by atoms with van der Waals surface area (Å²) in [6, 6.07) is 0. The van der Waals surface area contributed by atoms with Crippen molar-refractivity contribution in [1.82, 2.24) is 0 Å². The minimum atomic E-state index is 0.852. The zero-order chi connectivity index (χ0) is 5.54. The van der Waals surface area contributed by atoms with E-state index >= 15 is 0 Å². The first kappa shape index (κ1) is 7.45. The van der Waals surface area contributed by atoms with E-state index in [1.165, 1.54) is 6.42 Å². The highest BCUT2D eigenvalue weighted by Gasteiger charge is 1.80. The third kappa shape index (κ3) is 6.45. The normalized spacial score (nSPS) is 8.86. The number of rotatable bonds is 4. The smallest absolute Gasteiger partial charge is 0.271 e. The van der Waals surface area contributed by atoms with E-state index in [2.05, 4.69) is 9.24 Å². The van der Waals surface area contributed by atoms with Gasteiger partial charge in [0.2, 0.25) is 0 Å². The minimum Gasteiger partial charge on any atom is -0.440 e. The third-order valence-corrected chi connectivity index (χ3v) is 1.11. The summed E-state index contributed by atoms with van der Waals surface area (Å²) < 4.78 is 5.06. The molecule has 0 saturated carbocycles. The van der Waals surface area contributed by atoms with Crippen molar-refractivity contribution in [2.45, 2.75) is 13.2 Å². The summed E-state index contributed by atoms with van der Waals surface area (Å²) in [5, 5.41) is 0. The average Bonchev–Trinajstić information content (AvgIpc) is 1.69. The highest BCUT2D eigenvalue weighted by molar-refractivity contribution is 7.16. The lowest BCUT2D eigenvalue weighted by atomic mass is 10.1. The molecule has 1 nitrogen and oxygen atoms in total. The van der Waals surface area contributed by atoms with Crippen LogP contribution in [0.25, 0.3) is 0 Å². The molecule has 0 aliphatic rings. The molecule has 0 amide bonds. The predicted octanol–water partition coefficient (Wildman–Crippen LogP) is 0.668. The van der Waals surface area contributed by atoms with Gasteiger partial charge in [0.05, 0.1) is 0 Å². The Hall–Kier alpha value is 0.455. The molecule has 0 saturated heterocycles. The Morgan fingerprint density at radius 2 is 2.43 bits per heavy atom. The molecule has 3 heteroatoms. The van der Waals surface area contributed by atoms with Crippen molar-refractivity contribution >= 4 is 16.7 Å². The van der Waals surface area contributed by atoms with E-state index in [1.807, 2.05) is 6.82 Å². The molecule has 42 valence electrons. The average molecular weight is 118 g/mol. The van der Waals surface area contributed by atoms with Crippen LogP contribution in [0, 0.1) is 0 Å². The maximum Gasteiger partial charge on any atom is 0.271 e. The maximum atomic E-state index is 5.06. The summed E-state index contributed by atoms with van der Waals surface area (Å²) in [5.41, 5.74) is 0. The summed E-state index contributed by atoms with van der Waals surface area (Å²) in [4.78, 5) is 0. The zero-order valence-corrected chi connectivity index (χ0v) is 5.97. The van der Waals surface area contributed by atoms with Gasteiger partial charge in [-0.3, -0.25) is 0 Å². The van der Waals surface area contributed by atoms with Crippen LogP contribution in [0.1, 0.15) is 6.42 Å². The minimum absolute atomic E-state index is 0.852. The quantitative estimate of drug-likeness (QED) is 0.299. The SMILES string of the molecule is CBOCCCP. The molecule has 0 aromatic heterocycles. The van der Waals surface area contributed by atoms with E-state index in [0.717, 1.165) is 20.3 Å². The van der Waals surface area contributed by atoms with Gasteiger partial charge in [-0.1, -0.05) is 6.82 Å². The van der Waals surface area contributed by atoms with E-state index in [9.17, 15) is 0 Å². The van der Waals surface area contributed by atoms with Gasteiger partial charge in [-0.25, -0.2) is 0 Å². The Labute approximate surface area is 48.3 Å². The Morgan fingerprint density at radius 3 is 2.86 bits per heavy atom. The lowest BCUT2D eigenvalue weighted by molar-refractivity contribution is 0.340. The van der Waals surface area contributed by atoms with Crippen molar-refractivity contribution in [2.75, 3.05) is 12.8 Å². The van der Waals surface area contributed by atoms with Crippen LogP contribution in [0.2, 0.25) is 6.82 Å². The fourth-order valence-electron chi connectivity index (χ4n) is 0.330. The van der Waals surface area contributed by atoms with Gasteiger partial charge in [-0.2, -0.15) is 0 Å². The van der Waals surface area contributed by atoms with Gasteiger partial charge >= 0.3 is 0 Å². The third-order valence-electron chi connectivity index (χ3n) is 0.697. The van der Waals surface area contributed by atoms with Crippen LogP contribution in [0.15, 0.2) is 0 Å². The highest BCUT2D eigenvalue weighted by Crippen LogP contribution is 1.86. The van der Waals surface area contributed by atoms with Crippen molar-refractivity contribution in [3.8, 4) is 0 Å². The first-order valence-electron chi connectivity index (χ1n) is 2.69. The molecule has 0 aliphatic heterocycles. The Balaban J connectivity index is 2.45. The van der Waals surface area contributed by atoms with Crippen molar-refractivity contribution < 1.29 is 4.65 Å². The Bertz CT molecular complexity index is 30.9. The lowest BCUT2D eigenvalue weighted by Gasteiger charge is -1.94. The molecule has 0 spiro atoms. The van der Waals surface area contributed by atoms with E-state index in [-0.39, 0.29) is 0 Å². The molecular formula is C4H12BOP. The Morgan fingerprint density at radius 1 is 1.71 bits per heavy atom. The fourth-order valence-corrected chi connectivity index (χ4v) is 0.496. The molecule has 0 heterocycles. The van der Waals surface area contributed by atoms with Gasteiger partial charge < -0.3 is 4.65 Å². The molecule has 0 N–H and O–H groups in total. The highest BCUT2D eigenvalue weighted by atomic mass is 31.0. The van der Waals surface area contributed by atoms with Crippen LogP contribution in [0.3, 0.4) is 0 Å². The number of hydrogen-bond acceptors (Lipinski definition) is 1. The van der Waals surface area contributed by atoms with E-state index < -0.39 is 0 Å². The van der Waals surface area contributed by atoms with Gasteiger partial charge in [0.25, 0.3) is 7.48 Å². The summed E-state index contributed by atoms with van der Waals surface area (Å²) in [7, 11) is 3.52. The van der Waals surface area contributed by atoms with Crippen LogP contribution < -0.4 is 0 Å². The van der Waals surface area contributed by atoms with Gasteiger partial charge in [-0.05, 0) is 12.6 Å². The maximum absolute atomic E-state index is 5.06. The van der Waals surface area contributed by atoms with E-state index in [1.54, 1.807) is 0 Å². The molecule has 0 radical (unpaired) electrons. The van der Waals surface area contributed by atoms with Gasteiger partial charge in [0.15, 0.2) is 0 Å². The molecule has 0 aromatic carbocycles. The summed E-state index contributed by atoms with van der Waals surface area (Å²) in [6.07, 6.45) is 2.32. The second-order valence-corrected chi connectivity index (χ2v) is 1.92. The molecular weight excluding hydrogens is 106 g/mol. The second kappa shape index (κ2) is 6.45. The molecule has 1 unspecified atom stereocenters. The zero-order valence-electron chi connectivity index (χ0n) is 4.81. The molecule has 0 aromatic rings. The fraction of sp³-hybridized carbons (Fsp3) is 1.00. The second-order valence-electron chi connectivity index (χ2n) is 1.34. The van der Waals surface area contributed by atoms with Crippen LogP contribution in [-0.2, 0) is 4.65 Å². The standard InChI is InChI=1S/C4H12BOP/c1-5-6-3-2-4-7/h5H,2-4,7H2,1H3. The van der Waals surface area contributed by atoms with Crippen LogP contribution in [-0.4, -0.2) is 20.3 Å². The topological polar surface area (TPSA) is 9.23 Å². The van der Waals surface area contributed by atoms with Crippen LogP contribution in [0.5, 0.6) is 0 Å². The molecule has 1 atom stereocenters. The first-order valence-corrected chi connectivity index (χ1v) is 3.51. The molecule has 0 bridgehead atoms. The van der Waals surface area contributed by atoms with Crippen molar-refractivity contribution in [2.24, 2.45) is 0 Å². The van der Waals surface area contributed by atoms with Gasteiger partial charge in [0, 0.05) is 6.61 Å². The summed E-state index contributed by atoms with van der Waals surface area (Å²) in [5.74, 6) is 0. The number of hydrogen-bond donors (Lipinski definition) is 0. The monoisotopic (exact) mass is 118 g/mol. The molecule has 0 aliphatic carbocycles. The van der Waals surface area contributed by atoms with Crippen molar-refractivity contribution in [3.63, 3.8) is 0 Å². The van der Waals surface area contributed by atoms with Gasteiger partial charge in [0.1, 0.15) is 0 Å². The lowest BCUT2D eigenvalue weighted by Crippen LogP contribution is -1.95. The van der Waals surface area contributed by atoms with Crippen molar-refractivity contribution in [3.05, 3.63) is 0 Å². The van der Waals surface area contributed by atoms with Crippen LogP contribution >= 0.6 is 9.24 Å². The van der Waals surface area contributed by atoms with Crippen LogP contribution in [0.4, 0.5) is 0 Å². The Kier molecular flexibility index (Phi) is 6.87. The van der Waals surface area contributed by atoms with Gasteiger partial charge in [-0.15, -0.1) is 9.24 Å². The summed E-state index contributed by atoms with van der Waals surface area (Å²) in [6.45, 7) is 2.93. The van der Waals surface area contributed by atoms with E-state index in [0.29, 0.717) is 0 Å².